The van der Waals surface area contributed by atoms with E-state index in [1.165, 1.54) is 0 Å². The molecule has 1 atom stereocenters. The number of ether oxygens (including phenoxy) is 1. The van der Waals surface area contributed by atoms with Crippen LogP contribution in [-0.2, 0) is 4.74 Å². The van der Waals surface area contributed by atoms with Crippen LogP contribution in [0.5, 0.6) is 0 Å². The summed E-state index contributed by atoms with van der Waals surface area (Å²) in [4.78, 5) is 0. The molecule has 0 aliphatic carbocycles. The van der Waals surface area contributed by atoms with Crippen molar-refractivity contribution in [1.82, 2.24) is 0 Å². The molecule has 0 aromatic rings. The molecule has 1 unspecified atom stereocenters. The molecule has 0 amide bonds. The minimum Gasteiger partial charge on any atom is -0.376 e. The average molecular weight is 201 g/mol. The Labute approximate surface area is 89.2 Å². The Balaban J connectivity index is 4.19. The van der Waals surface area contributed by atoms with Crippen LogP contribution in [0.1, 0.15) is 54.4 Å². The van der Waals surface area contributed by atoms with Crippen LogP contribution in [0.25, 0.3) is 0 Å². The predicted octanol–water partition coefficient (Wildman–Crippen LogP) is 2.96. The Morgan fingerprint density at radius 2 is 1.71 bits per heavy atom. The highest BCUT2D eigenvalue weighted by molar-refractivity contribution is 4.82. The van der Waals surface area contributed by atoms with Gasteiger partial charge in [-0.2, -0.15) is 0 Å². The Morgan fingerprint density at radius 1 is 1.21 bits per heavy atom. The van der Waals surface area contributed by atoms with Gasteiger partial charge in [-0.05, 0) is 46.0 Å². The van der Waals surface area contributed by atoms with E-state index in [9.17, 15) is 0 Å². The molecule has 0 aromatic heterocycles. The van der Waals surface area contributed by atoms with E-state index in [0.717, 1.165) is 19.4 Å². The van der Waals surface area contributed by atoms with Gasteiger partial charge in [0.1, 0.15) is 0 Å². The van der Waals surface area contributed by atoms with Gasteiger partial charge in [0.15, 0.2) is 0 Å². The highest BCUT2D eigenvalue weighted by Crippen LogP contribution is 2.33. The van der Waals surface area contributed by atoms with Crippen LogP contribution in [0.3, 0.4) is 0 Å². The van der Waals surface area contributed by atoms with Crippen LogP contribution < -0.4 is 5.73 Å². The van der Waals surface area contributed by atoms with Crippen molar-refractivity contribution >= 4 is 0 Å². The molecule has 0 aromatic carbocycles. The lowest BCUT2D eigenvalue weighted by atomic mass is 9.77. The average Bonchev–Trinajstić information content (AvgIpc) is 1.78. The second kappa shape index (κ2) is 5.13. The molecule has 86 valence electrons. The van der Waals surface area contributed by atoms with Crippen molar-refractivity contribution in [3.05, 3.63) is 0 Å². The van der Waals surface area contributed by atoms with Gasteiger partial charge in [-0.15, -0.1) is 0 Å². The quantitative estimate of drug-likeness (QED) is 0.717. The maximum atomic E-state index is 5.83. The van der Waals surface area contributed by atoms with Crippen LogP contribution in [0.4, 0.5) is 0 Å². The second-order valence-electron chi connectivity index (χ2n) is 5.72. The fourth-order valence-corrected chi connectivity index (χ4v) is 2.54. The van der Waals surface area contributed by atoms with Gasteiger partial charge in [0.25, 0.3) is 0 Å². The van der Waals surface area contributed by atoms with E-state index in [4.69, 9.17) is 10.5 Å². The summed E-state index contributed by atoms with van der Waals surface area (Å²) in [5.74, 6) is 0. The fraction of sp³-hybridized carbons (Fsp3) is 1.00. The van der Waals surface area contributed by atoms with Crippen molar-refractivity contribution < 1.29 is 4.74 Å². The highest BCUT2D eigenvalue weighted by Gasteiger charge is 2.29. The standard InChI is InChI=1S/C12H27NO/c1-7-14-12(5,6)9-11(3,4)8-10(2)13/h10H,7-9,13H2,1-6H3. The predicted molar refractivity (Wildman–Crippen MR) is 62.4 cm³/mol. The van der Waals surface area contributed by atoms with Crippen molar-refractivity contribution in [2.45, 2.75) is 66.0 Å². The summed E-state index contributed by atoms with van der Waals surface area (Å²) in [6.45, 7) is 13.7. The van der Waals surface area contributed by atoms with Gasteiger partial charge in [0.05, 0.1) is 5.60 Å². The number of nitrogens with two attached hydrogens (primary N) is 1. The third kappa shape index (κ3) is 6.39. The summed E-state index contributed by atoms with van der Waals surface area (Å²) >= 11 is 0. The van der Waals surface area contributed by atoms with E-state index >= 15 is 0 Å². The largest absolute Gasteiger partial charge is 0.376 e. The molecule has 0 fully saturated rings. The molecular formula is C12H27NO. The molecule has 0 bridgehead atoms. The number of rotatable bonds is 6. The zero-order valence-corrected chi connectivity index (χ0v) is 10.7. The van der Waals surface area contributed by atoms with Gasteiger partial charge >= 0.3 is 0 Å². The minimum atomic E-state index is -0.0346. The Kier molecular flexibility index (Phi) is 5.10. The Bertz CT molecular complexity index is 162. The van der Waals surface area contributed by atoms with E-state index in [1.54, 1.807) is 0 Å². The summed E-state index contributed by atoms with van der Waals surface area (Å²) in [6, 6.07) is 0.266. The highest BCUT2D eigenvalue weighted by atomic mass is 16.5. The Hall–Kier alpha value is -0.0800. The molecule has 0 rings (SSSR count). The first-order valence-electron chi connectivity index (χ1n) is 5.58. The van der Waals surface area contributed by atoms with Crippen molar-refractivity contribution in [1.29, 1.82) is 0 Å². The third-order valence-electron chi connectivity index (χ3n) is 2.31. The van der Waals surface area contributed by atoms with Gasteiger partial charge in [0, 0.05) is 12.6 Å². The summed E-state index contributed by atoms with van der Waals surface area (Å²) in [6.07, 6.45) is 2.10. The SMILES string of the molecule is CCOC(C)(C)CC(C)(C)CC(C)N. The molecule has 0 heterocycles. The smallest absolute Gasteiger partial charge is 0.0631 e. The van der Waals surface area contributed by atoms with Crippen LogP contribution in [-0.4, -0.2) is 18.2 Å². The summed E-state index contributed by atoms with van der Waals surface area (Å²) in [5, 5.41) is 0. The lowest BCUT2D eigenvalue weighted by Crippen LogP contribution is -2.34. The summed E-state index contributed by atoms with van der Waals surface area (Å²) in [5.41, 5.74) is 6.05. The molecule has 2 N–H and O–H groups in total. The first-order valence-corrected chi connectivity index (χ1v) is 5.58. The topological polar surface area (TPSA) is 35.2 Å². The van der Waals surface area contributed by atoms with Gasteiger partial charge < -0.3 is 10.5 Å². The third-order valence-corrected chi connectivity index (χ3v) is 2.31. The van der Waals surface area contributed by atoms with E-state index < -0.39 is 0 Å². The summed E-state index contributed by atoms with van der Waals surface area (Å²) < 4.78 is 5.71. The van der Waals surface area contributed by atoms with Crippen LogP contribution >= 0.6 is 0 Å². The van der Waals surface area contributed by atoms with E-state index in [0.29, 0.717) is 0 Å². The van der Waals surface area contributed by atoms with E-state index in [2.05, 4.69) is 34.6 Å². The van der Waals surface area contributed by atoms with Crippen molar-refractivity contribution in [2.24, 2.45) is 11.1 Å². The van der Waals surface area contributed by atoms with Gasteiger partial charge in [0.2, 0.25) is 0 Å². The van der Waals surface area contributed by atoms with Gasteiger partial charge in [-0.25, -0.2) is 0 Å². The van der Waals surface area contributed by atoms with E-state index in [1.807, 2.05) is 6.92 Å². The lowest BCUT2D eigenvalue weighted by Gasteiger charge is -2.35. The van der Waals surface area contributed by atoms with Crippen molar-refractivity contribution in [3.8, 4) is 0 Å². The molecule has 0 saturated carbocycles. The Morgan fingerprint density at radius 3 is 2.07 bits per heavy atom. The van der Waals surface area contributed by atoms with Gasteiger partial charge in [-0.1, -0.05) is 13.8 Å². The number of hydrogen-bond donors (Lipinski definition) is 1. The molecule has 2 heteroatoms. The molecule has 0 spiro atoms. The first kappa shape index (κ1) is 13.9. The maximum absolute atomic E-state index is 5.83. The molecule has 0 saturated heterocycles. The second-order valence-corrected chi connectivity index (χ2v) is 5.72. The summed E-state index contributed by atoms with van der Waals surface area (Å²) in [7, 11) is 0. The monoisotopic (exact) mass is 201 g/mol. The fourth-order valence-electron chi connectivity index (χ4n) is 2.54. The normalized spacial score (nSPS) is 15.6. The van der Waals surface area contributed by atoms with Crippen LogP contribution in [0.2, 0.25) is 0 Å². The molecule has 2 nitrogen and oxygen atoms in total. The molecular weight excluding hydrogens is 174 g/mol. The van der Waals surface area contributed by atoms with Gasteiger partial charge in [-0.3, -0.25) is 0 Å². The van der Waals surface area contributed by atoms with Crippen LogP contribution in [0.15, 0.2) is 0 Å². The van der Waals surface area contributed by atoms with Crippen molar-refractivity contribution in [3.63, 3.8) is 0 Å². The minimum absolute atomic E-state index is 0.0346. The lowest BCUT2D eigenvalue weighted by molar-refractivity contribution is -0.0416. The zero-order valence-electron chi connectivity index (χ0n) is 10.7. The van der Waals surface area contributed by atoms with Crippen molar-refractivity contribution in [2.75, 3.05) is 6.61 Å². The maximum Gasteiger partial charge on any atom is 0.0631 e. The molecule has 0 radical (unpaired) electrons. The molecule has 0 aliphatic rings. The molecule has 14 heavy (non-hydrogen) atoms. The van der Waals surface area contributed by atoms with Crippen LogP contribution in [0, 0.1) is 5.41 Å². The molecule has 0 aliphatic heterocycles. The zero-order chi connectivity index (χ0) is 11.4. The number of hydrogen-bond acceptors (Lipinski definition) is 2. The van der Waals surface area contributed by atoms with E-state index in [-0.39, 0.29) is 17.1 Å². The first-order chi connectivity index (χ1) is 6.18.